The monoisotopic (exact) mass is 331 g/mol. The van der Waals surface area contributed by atoms with Crippen LogP contribution in [0, 0.1) is 13.8 Å². The predicted octanol–water partition coefficient (Wildman–Crippen LogP) is 1.42. The molecule has 0 aliphatic rings. The standard InChI is InChI=1S/C13H17N5O.2ClH/c1-9-7-10(2)18(17-9)12-4-3-11(8-16-12)13(19)15-6-5-14;;/h3-4,7-8H,5-6,14H2,1-2H3,(H,15,19);2*1H. The maximum atomic E-state index is 11.7. The molecule has 0 radical (unpaired) electrons. The summed E-state index contributed by atoms with van der Waals surface area (Å²) in [5.74, 6) is 0.527. The fourth-order valence-corrected chi connectivity index (χ4v) is 1.79. The number of carbonyl (C=O) groups is 1. The van der Waals surface area contributed by atoms with Crippen LogP contribution in [0.2, 0.25) is 0 Å². The molecule has 8 heteroatoms. The number of nitrogens with two attached hydrogens (primary N) is 1. The zero-order chi connectivity index (χ0) is 13.8. The third-order valence-corrected chi connectivity index (χ3v) is 2.67. The Kier molecular flexibility index (Phi) is 7.94. The highest BCUT2D eigenvalue weighted by Crippen LogP contribution is 2.10. The minimum Gasteiger partial charge on any atom is -0.351 e. The average Bonchev–Trinajstić information content (AvgIpc) is 2.75. The van der Waals surface area contributed by atoms with Crippen molar-refractivity contribution in [2.45, 2.75) is 13.8 Å². The molecule has 21 heavy (non-hydrogen) atoms. The van der Waals surface area contributed by atoms with Crippen LogP contribution in [0.3, 0.4) is 0 Å². The van der Waals surface area contributed by atoms with Crippen LogP contribution in [0.15, 0.2) is 24.4 Å². The Hall–Kier alpha value is -1.63. The van der Waals surface area contributed by atoms with E-state index in [-0.39, 0.29) is 30.7 Å². The second kappa shape index (κ2) is 8.61. The lowest BCUT2D eigenvalue weighted by molar-refractivity contribution is 0.0954. The van der Waals surface area contributed by atoms with Crippen molar-refractivity contribution in [3.63, 3.8) is 0 Å². The molecule has 6 nitrogen and oxygen atoms in total. The number of nitrogens with one attached hydrogen (secondary N) is 1. The summed E-state index contributed by atoms with van der Waals surface area (Å²) in [6, 6.07) is 5.48. The number of pyridine rings is 1. The second-order valence-electron chi connectivity index (χ2n) is 4.29. The lowest BCUT2D eigenvalue weighted by Gasteiger charge is -2.05. The number of carbonyl (C=O) groups excluding carboxylic acids is 1. The summed E-state index contributed by atoms with van der Waals surface area (Å²) in [5.41, 5.74) is 7.78. The number of aromatic nitrogens is 3. The molecule has 0 fully saturated rings. The van der Waals surface area contributed by atoms with Crippen molar-refractivity contribution in [3.8, 4) is 5.82 Å². The Morgan fingerprint density at radius 3 is 2.52 bits per heavy atom. The summed E-state index contributed by atoms with van der Waals surface area (Å²) in [5, 5.41) is 7.04. The van der Waals surface area contributed by atoms with Crippen LogP contribution in [0.25, 0.3) is 5.82 Å². The van der Waals surface area contributed by atoms with E-state index in [0.717, 1.165) is 11.4 Å². The van der Waals surface area contributed by atoms with Gasteiger partial charge in [0.1, 0.15) is 0 Å². The predicted molar refractivity (Wildman–Crippen MR) is 86.7 cm³/mol. The quantitative estimate of drug-likeness (QED) is 0.887. The van der Waals surface area contributed by atoms with Gasteiger partial charge in [-0.2, -0.15) is 5.10 Å². The molecule has 0 saturated heterocycles. The topological polar surface area (TPSA) is 85.8 Å². The minimum absolute atomic E-state index is 0. The molecule has 0 saturated carbocycles. The van der Waals surface area contributed by atoms with Gasteiger partial charge in [0.2, 0.25) is 0 Å². The summed E-state index contributed by atoms with van der Waals surface area (Å²) in [6.45, 7) is 4.77. The number of rotatable bonds is 4. The molecule has 0 spiro atoms. The van der Waals surface area contributed by atoms with Crippen LogP contribution in [0.4, 0.5) is 0 Å². The molecule has 116 valence electrons. The van der Waals surface area contributed by atoms with E-state index in [1.165, 1.54) is 6.20 Å². The van der Waals surface area contributed by atoms with Crippen LogP contribution in [-0.4, -0.2) is 33.8 Å². The van der Waals surface area contributed by atoms with Crippen molar-refractivity contribution in [1.82, 2.24) is 20.1 Å². The molecule has 0 atom stereocenters. The first-order chi connectivity index (χ1) is 9.11. The Bertz CT molecular complexity index is 583. The average molecular weight is 332 g/mol. The molecule has 3 N–H and O–H groups in total. The first-order valence-electron chi connectivity index (χ1n) is 6.10. The van der Waals surface area contributed by atoms with Gasteiger partial charge in [-0.3, -0.25) is 4.79 Å². The van der Waals surface area contributed by atoms with E-state index >= 15 is 0 Å². The zero-order valence-electron chi connectivity index (χ0n) is 11.9. The van der Waals surface area contributed by atoms with Crippen molar-refractivity contribution in [3.05, 3.63) is 41.3 Å². The largest absolute Gasteiger partial charge is 0.351 e. The summed E-state index contributed by atoms with van der Waals surface area (Å²) in [4.78, 5) is 16.0. The molecule has 0 bridgehead atoms. The van der Waals surface area contributed by atoms with Crippen molar-refractivity contribution in [2.75, 3.05) is 13.1 Å². The summed E-state index contributed by atoms with van der Waals surface area (Å²) < 4.78 is 1.75. The highest BCUT2D eigenvalue weighted by molar-refractivity contribution is 5.93. The van der Waals surface area contributed by atoms with Gasteiger partial charge in [-0.1, -0.05) is 0 Å². The van der Waals surface area contributed by atoms with Gasteiger partial charge in [0.05, 0.1) is 11.3 Å². The third kappa shape index (κ3) is 4.70. The van der Waals surface area contributed by atoms with Crippen LogP contribution < -0.4 is 11.1 Å². The van der Waals surface area contributed by atoms with E-state index in [0.29, 0.717) is 24.5 Å². The first-order valence-corrected chi connectivity index (χ1v) is 6.10. The number of amides is 1. The van der Waals surface area contributed by atoms with Crippen LogP contribution in [0.1, 0.15) is 21.7 Å². The van der Waals surface area contributed by atoms with Gasteiger partial charge in [0.15, 0.2) is 5.82 Å². The fraction of sp³-hybridized carbons (Fsp3) is 0.308. The first kappa shape index (κ1) is 19.4. The SMILES string of the molecule is Cc1cc(C)n(-c2ccc(C(=O)NCCN)cn2)n1.Cl.Cl. The third-order valence-electron chi connectivity index (χ3n) is 2.67. The van der Waals surface area contributed by atoms with Gasteiger partial charge >= 0.3 is 0 Å². The van der Waals surface area contributed by atoms with Crippen molar-refractivity contribution in [1.29, 1.82) is 0 Å². The Morgan fingerprint density at radius 1 is 1.33 bits per heavy atom. The molecular formula is C13H19Cl2N5O. The van der Waals surface area contributed by atoms with Crippen molar-refractivity contribution >= 4 is 30.7 Å². The minimum atomic E-state index is -0.169. The lowest BCUT2D eigenvalue weighted by atomic mass is 10.2. The lowest BCUT2D eigenvalue weighted by Crippen LogP contribution is -2.29. The smallest absolute Gasteiger partial charge is 0.252 e. The second-order valence-corrected chi connectivity index (χ2v) is 4.29. The molecule has 2 aromatic rings. The van der Waals surface area contributed by atoms with Crippen molar-refractivity contribution in [2.24, 2.45) is 5.73 Å². The molecule has 0 aromatic carbocycles. The zero-order valence-corrected chi connectivity index (χ0v) is 13.5. The van der Waals surface area contributed by atoms with E-state index in [9.17, 15) is 4.79 Å². The number of nitrogens with zero attached hydrogens (tertiary/aromatic N) is 3. The maximum absolute atomic E-state index is 11.7. The Labute approximate surface area is 135 Å². The maximum Gasteiger partial charge on any atom is 0.252 e. The van der Waals surface area contributed by atoms with Gasteiger partial charge < -0.3 is 11.1 Å². The Balaban J connectivity index is 0.00000200. The molecule has 0 aliphatic heterocycles. The molecule has 0 unspecified atom stereocenters. The molecule has 2 aromatic heterocycles. The number of hydrogen-bond acceptors (Lipinski definition) is 4. The summed E-state index contributed by atoms with van der Waals surface area (Å²) >= 11 is 0. The van der Waals surface area contributed by atoms with Gasteiger partial charge in [-0.15, -0.1) is 24.8 Å². The van der Waals surface area contributed by atoms with E-state index in [1.54, 1.807) is 16.8 Å². The van der Waals surface area contributed by atoms with Crippen LogP contribution >= 0.6 is 24.8 Å². The van der Waals surface area contributed by atoms with Gasteiger partial charge in [-0.25, -0.2) is 9.67 Å². The molecule has 1 amide bonds. The van der Waals surface area contributed by atoms with Crippen LogP contribution in [0.5, 0.6) is 0 Å². The van der Waals surface area contributed by atoms with Crippen LogP contribution in [-0.2, 0) is 0 Å². The highest BCUT2D eigenvalue weighted by atomic mass is 35.5. The fourth-order valence-electron chi connectivity index (χ4n) is 1.79. The summed E-state index contributed by atoms with van der Waals surface area (Å²) in [7, 11) is 0. The highest BCUT2D eigenvalue weighted by Gasteiger charge is 2.08. The van der Waals surface area contributed by atoms with E-state index < -0.39 is 0 Å². The van der Waals surface area contributed by atoms with Gasteiger partial charge in [-0.05, 0) is 32.0 Å². The van der Waals surface area contributed by atoms with Crippen molar-refractivity contribution < 1.29 is 4.79 Å². The molecule has 0 aliphatic carbocycles. The molecule has 2 heterocycles. The van der Waals surface area contributed by atoms with E-state index in [1.807, 2.05) is 19.9 Å². The number of aryl methyl sites for hydroxylation is 2. The van der Waals surface area contributed by atoms with E-state index in [2.05, 4.69) is 15.4 Å². The molecular weight excluding hydrogens is 313 g/mol. The van der Waals surface area contributed by atoms with E-state index in [4.69, 9.17) is 5.73 Å². The van der Waals surface area contributed by atoms with Gasteiger partial charge in [0, 0.05) is 25.0 Å². The number of hydrogen-bond donors (Lipinski definition) is 2. The Morgan fingerprint density at radius 2 is 2.05 bits per heavy atom. The molecule has 2 rings (SSSR count). The van der Waals surface area contributed by atoms with Gasteiger partial charge in [0.25, 0.3) is 5.91 Å². The number of halogens is 2. The summed E-state index contributed by atoms with van der Waals surface area (Å²) in [6.07, 6.45) is 1.54. The normalized spacial score (nSPS) is 9.48.